The monoisotopic (exact) mass is 957 g/mol. The van der Waals surface area contributed by atoms with Crippen molar-refractivity contribution in [1.82, 2.24) is 4.90 Å². The van der Waals surface area contributed by atoms with Crippen LogP contribution >= 0.6 is 0 Å². The number of fused-ring (bicyclic) bond motifs is 3. The minimum atomic E-state index is -2.14. The second kappa shape index (κ2) is 27.3. The fourth-order valence-electron chi connectivity index (χ4n) is 10.5. The number of amides is 1. The Labute approximate surface area is 405 Å². The summed E-state index contributed by atoms with van der Waals surface area (Å²) in [7, 11) is 4.57. The van der Waals surface area contributed by atoms with Gasteiger partial charge in [0, 0.05) is 58.5 Å². The number of methoxy groups -OCH3 is 3. The van der Waals surface area contributed by atoms with E-state index in [-0.39, 0.29) is 79.8 Å². The molecule has 15 heteroatoms. The average Bonchev–Trinajstić information content (AvgIpc) is 3.31. The number of esters is 1. The number of allylic oxidation sites excluding steroid dienone is 6. The molecule has 4 aliphatic rings. The summed E-state index contributed by atoms with van der Waals surface area (Å²) in [4.78, 5) is 63.3. The lowest BCUT2D eigenvalue weighted by molar-refractivity contribution is -0.239. The number of Topliss-reactive ketones (excluding diaryl/α,β-unsaturated/α-hetero) is 2. The SMILES string of the molecule is CO[C@H]1C[C@@H]2CC[C@@H](C)[C@@](O)(O2)C(=NCCO)C(=O)N2CCCCC2C(=O)OC([C@H](C)CC2CC[C@@H](O)[C@H](OC)C2)CC(=O)C(C)=CC(C)C(O)[C@@H](OC)C(=O)C(C)CC(C)C=CC=CC=C1C. The number of nitrogens with zero attached hydrogens (tertiary/aromatic N) is 2. The van der Waals surface area contributed by atoms with Gasteiger partial charge in [-0.15, -0.1) is 0 Å². The predicted molar refractivity (Wildman–Crippen MR) is 260 cm³/mol. The van der Waals surface area contributed by atoms with Crippen molar-refractivity contribution < 1.29 is 63.3 Å². The highest BCUT2D eigenvalue weighted by Crippen LogP contribution is 2.38. The maximum atomic E-state index is 14.9. The summed E-state index contributed by atoms with van der Waals surface area (Å²) in [6, 6.07) is -1.06. The topological polar surface area (TPSA) is 211 Å². The summed E-state index contributed by atoms with van der Waals surface area (Å²) in [6.07, 6.45) is 11.9. The zero-order valence-electron chi connectivity index (χ0n) is 42.5. The van der Waals surface area contributed by atoms with Crippen LogP contribution in [-0.2, 0) is 42.9 Å². The Morgan fingerprint density at radius 3 is 2.31 bits per heavy atom. The molecule has 15 nitrogen and oxygen atoms in total. The lowest BCUT2D eigenvalue weighted by Crippen LogP contribution is -2.61. The van der Waals surface area contributed by atoms with E-state index in [0.29, 0.717) is 63.4 Å². The molecule has 1 amide bonds. The Bertz CT molecular complexity index is 1830. The molecule has 1 aliphatic carbocycles. The second-order valence-corrected chi connectivity index (χ2v) is 20.2. The number of cyclic esters (lactones) is 1. The molecule has 0 spiro atoms. The lowest BCUT2D eigenvalue weighted by Gasteiger charge is -2.44. The van der Waals surface area contributed by atoms with E-state index in [2.05, 4.69) is 4.99 Å². The molecule has 2 bridgehead atoms. The number of hydrogen-bond donors (Lipinski definition) is 4. The molecule has 4 rings (SSSR count). The number of carbonyl (C=O) groups excluding carboxylic acids is 4. The Kier molecular flexibility index (Phi) is 22.9. The van der Waals surface area contributed by atoms with Crippen LogP contribution in [0.2, 0.25) is 0 Å². The molecule has 0 radical (unpaired) electrons. The van der Waals surface area contributed by atoms with Gasteiger partial charge >= 0.3 is 5.97 Å². The van der Waals surface area contributed by atoms with Crippen LogP contribution in [0.15, 0.2) is 52.6 Å². The number of aliphatic hydroxyl groups is 4. The molecule has 0 aromatic heterocycles. The summed E-state index contributed by atoms with van der Waals surface area (Å²) in [5.74, 6) is -5.91. The molecule has 3 aliphatic heterocycles. The van der Waals surface area contributed by atoms with E-state index in [0.717, 1.165) is 12.0 Å². The number of aliphatic imine (C=N–C) groups is 1. The number of ketones is 2. The Balaban J connectivity index is 1.76. The third kappa shape index (κ3) is 15.3. The molecule has 2 saturated heterocycles. The average molecular weight is 957 g/mol. The number of piperidine rings is 1. The molecule has 68 heavy (non-hydrogen) atoms. The molecular weight excluding hydrogens is 873 g/mol. The van der Waals surface area contributed by atoms with Gasteiger partial charge in [0.15, 0.2) is 17.3 Å². The van der Waals surface area contributed by atoms with E-state index in [9.17, 15) is 39.6 Å². The van der Waals surface area contributed by atoms with Crippen molar-refractivity contribution in [2.45, 2.75) is 180 Å². The van der Waals surface area contributed by atoms with Crippen LogP contribution in [0.25, 0.3) is 0 Å². The summed E-state index contributed by atoms with van der Waals surface area (Å²) in [6.45, 7) is 12.5. The molecule has 0 aromatic rings. The first-order valence-electron chi connectivity index (χ1n) is 25.1. The number of rotatable bonds is 8. The van der Waals surface area contributed by atoms with Crippen molar-refractivity contribution in [3.05, 3.63) is 47.6 Å². The normalized spacial score (nSPS) is 37.3. The lowest BCUT2D eigenvalue weighted by atomic mass is 9.78. The van der Waals surface area contributed by atoms with E-state index in [4.69, 9.17) is 23.7 Å². The Morgan fingerprint density at radius 1 is 0.897 bits per heavy atom. The van der Waals surface area contributed by atoms with Gasteiger partial charge in [-0.3, -0.25) is 19.4 Å². The van der Waals surface area contributed by atoms with Crippen molar-refractivity contribution in [3.63, 3.8) is 0 Å². The third-order valence-corrected chi connectivity index (χ3v) is 14.9. The first-order chi connectivity index (χ1) is 32.3. The van der Waals surface area contributed by atoms with Crippen LogP contribution in [0.5, 0.6) is 0 Å². The van der Waals surface area contributed by atoms with Crippen LogP contribution in [0.3, 0.4) is 0 Å². The van der Waals surface area contributed by atoms with Crippen molar-refractivity contribution in [2.24, 2.45) is 40.5 Å². The first kappa shape index (κ1) is 57.2. The summed E-state index contributed by atoms with van der Waals surface area (Å²) >= 11 is 0. The Morgan fingerprint density at radius 2 is 1.63 bits per heavy atom. The number of aliphatic hydroxyl groups excluding tert-OH is 3. The van der Waals surface area contributed by atoms with E-state index < -0.39 is 72.0 Å². The quantitative estimate of drug-likeness (QED) is 0.205. The fourth-order valence-corrected chi connectivity index (χ4v) is 10.5. The zero-order valence-corrected chi connectivity index (χ0v) is 42.5. The van der Waals surface area contributed by atoms with Crippen LogP contribution < -0.4 is 0 Å². The van der Waals surface area contributed by atoms with Crippen LogP contribution in [-0.4, -0.2) is 150 Å². The zero-order chi connectivity index (χ0) is 50.3. The van der Waals surface area contributed by atoms with Crippen molar-refractivity contribution >= 4 is 29.2 Å². The molecule has 7 unspecified atom stereocenters. The predicted octanol–water partition coefficient (Wildman–Crippen LogP) is 6.04. The highest BCUT2D eigenvalue weighted by atomic mass is 16.6. The van der Waals surface area contributed by atoms with Crippen LogP contribution in [0, 0.1) is 35.5 Å². The highest BCUT2D eigenvalue weighted by molar-refractivity contribution is 6.41. The molecule has 0 aromatic carbocycles. The van der Waals surface area contributed by atoms with Gasteiger partial charge in [0.2, 0.25) is 5.79 Å². The highest BCUT2D eigenvalue weighted by Gasteiger charge is 2.51. The van der Waals surface area contributed by atoms with Gasteiger partial charge in [-0.2, -0.15) is 0 Å². The molecule has 3 fully saturated rings. The minimum absolute atomic E-state index is 0.0249. The van der Waals surface area contributed by atoms with Gasteiger partial charge < -0.3 is 49.0 Å². The third-order valence-electron chi connectivity index (χ3n) is 14.9. The van der Waals surface area contributed by atoms with Crippen molar-refractivity contribution in [3.8, 4) is 0 Å². The van der Waals surface area contributed by atoms with Gasteiger partial charge in [0.25, 0.3) is 5.91 Å². The van der Waals surface area contributed by atoms with Gasteiger partial charge in [-0.05, 0) is 107 Å². The number of hydrogen-bond acceptors (Lipinski definition) is 14. The number of ether oxygens (including phenoxy) is 5. The largest absolute Gasteiger partial charge is 0.460 e. The van der Waals surface area contributed by atoms with E-state index >= 15 is 0 Å². The Hall–Kier alpha value is -3.41. The standard InChI is InChI=1S/C53H84N2O13/c1-32-16-12-11-13-17-33(2)44(64-8)30-40-21-19-38(7)53(63,68-40)50(54-23-25-56)51(61)55-24-15-14-18-41(55)52(62)67-45(35(4)28-39-20-22-42(57)46(29-39)65-9)31-43(58)34(3)27-37(6)48(60)49(66-10)47(59)36(5)26-32/h11-13,16-17,27,32,35-42,44-46,48-49,56-57,60,63H,14-15,18-26,28-31H2,1-10H3/t32?,35-,36?,37?,38-,39?,40+,41?,42-,44+,45?,46-,48?,49+,53-/m1/s1. The van der Waals surface area contributed by atoms with Crippen LogP contribution in [0.4, 0.5) is 0 Å². The molecule has 1 saturated carbocycles. The maximum absolute atomic E-state index is 14.9. The second-order valence-electron chi connectivity index (χ2n) is 20.2. The van der Waals surface area contributed by atoms with Gasteiger partial charge in [0.1, 0.15) is 18.2 Å². The summed E-state index contributed by atoms with van der Waals surface area (Å²) < 4.78 is 29.9. The molecular formula is C53H84N2O13. The minimum Gasteiger partial charge on any atom is -0.460 e. The summed E-state index contributed by atoms with van der Waals surface area (Å²) in [5.41, 5.74) is 0.952. The molecule has 15 atom stereocenters. The summed E-state index contributed by atoms with van der Waals surface area (Å²) in [5, 5.41) is 44.4. The van der Waals surface area contributed by atoms with Gasteiger partial charge in [0.05, 0.1) is 43.7 Å². The van der Waals surface area contributed by atoms with Crippen molar-refractivity contribution in [2.75, 3.05) is 41.0 Å². The number of carbonyl (C=O) groups is 4. The van der Waals surface area contributed by atoms with Gasteiger partial charge in [-0.1, -0.05) is 71.1 Å². The van der Waals surface area contributed by atoms with E-state index in [1.807, 2.05) is 58.1 Å². The molecule has 384 valence electrons. The first-order valence-corrected chi connectivity index (χ1v) is 25.1. The van der Waals surface area contributed by atoms with Crippen molar-refractivity contribution in [1.29, 1.82) is 0 Å². The smallest absolute Gasteiger partial charge is 0.329 e. The molecule has 3 heterocycles. The maximum Gasteiger partial charge on any atom is 0.329 e. The van der Waals surface area contributed by atoms with E-state index in [1.54, 1.807) is 41.1 Å². The van der Waals surface area contributed by atoms with Gasteiger partial charge in [-0.25, -0.2) is 4.79 Å². The van der Waals surface area contributed by atoms with Crippen LogP contribution in [0.1, 0.15) is 126 Å². The molecule has 4 N–H and O–H groups in total. The van der Waals surface area contributed by atoms with E-state index in [1.165, 1.54) is 12.0 Å². The fraction of sp³-hybridized carbons (Fsp3) is 0.755.